The normalized spacial score (nSPS) is 12.1. The second kappa shape index (κ2) is 13.9. The summed E-state index contributed by atoms with van der Waals surface area (Å²) >= 11 is 1.04. The van der Waals surface area contributed by atoms with Crippen molar-refractivity contribution in [1.82, 2.24) is 9.47 Å². The van der Waals surface area contributed by atoms with Crippen molar-refractivity contribution < 1.29 is 14.3 Å². The Morgan fingerprint density at radius 3 is 2.55 bits per heavy atom. The van der Waals surface area contributed by atoms with Crippen LogP contribution in [0.1, 0.15) is 19.4 Å². The van der Waals surface area contributed by atoms with E-state index in [2.05, 4.69) is 22.8 Å². The molecule has 3 aromatic rings. The van der Waals surface area contributed by atoms with E-state index in [1.54, 1.807) is 38.1 Å². The number of nitrogens with zero attached hydrogens (tertiary/aromatic N) is 3. The van der Waals surface area contributed by atoms with E-state index in [9.17, 15) is 19.6 Å². The number of thiazole rings is 1. The maximum absolute atomic E-state index is 12.9. The van der Waals surface area contributed by atoms with Crippen LogP contribution >= 0.6 is 11.3 Å². The van der Waals surface area contributed by atoms with Gasteiger partial charge in [-0.05, 0) is 51.1 Å². The molecule has 0 aliphatic heterocycles. The number of aromatic nitrogens is 1. The van der Waals surface area contributed by atoms with E-state index in [1.807, 2.05) is 36.2 Å². The molecule has 2 N–H and O–H groups in total. The Morgan fingerprint density at radius 2 is 1.87 bits per heavy atom. The number of hydrogen-bond donors (Lipinski definition) is 2. The molecule has 0 bridgehead atoms. The van der Waals surface area contributed by atoms with Crippen molar-refractivity contribution >= 4 is 46.4 Å². The van der Waals surface area contributed by atoms with Crippen LogP contribution in [0.3, 0.4) is 0 Å². The lowest BCUT2D eigenvalue weighted by atomic mass is 10.1. The van der Waals surface area contributed by atoms with E-state index < -0.39 is 5.97 Å². The lowest BCUT2D eigenvalue weighted by Gasteiger charge is -2.16. The molecular formula is C28H31N5O4S. The number of rotatable bonds is 11. The van der Waals surface area contributed by atoms with Gasteiger partial charge in [0.2, 0.25) is 5.91 Å². The number of carbonyl (C=O) groups is 2. The van der Waals surface area contributed by atoms with Crippen molar-refractivity contribution in [3.05, 3.63) is 79.7 Å². The molecule has 2 aromatic carbocycles. The number of esters is 1. The molecule has 1 heterocycles. The molecule has 0 fully saturated rings. The van der Waals surface area contributed by atoms with Crippen LogP contribution in [0.5, 0.6) is 0 Å². The maximum Gasteiger partial charge on any atom is 0.351 e. The van der Waals surface area contributed by atoms with Gasteiger partial charge in [0.25, 0.3) is 5.56 Å². The van der Waals surface area contributed by atoms with Crippen LogP contribution in [-0.4, -0.2) is 48.1 Å². The summed E-state index contributed by atoms with van der Waals surface area (Å²) in [6.45, 7) is 4.85. The summed E-state index contributed by atoms with van der Waals surface area (Å²) in [5, 5.41) is 15.5. The molecule has 1 amide bonds. The van der Waals surface area contributed by atoms with Crippen molar-refractivity contribution in [2.24, 2.45) is 0 Å². The number of hydrogen-bond acceptors (Lipinski definition) is 8. The Bertz CT molecular complexity index is 1490. The Balaban J connectivity index is 1.70. The van der Waals surface area contributed by atoms with E-state index >= 15 is 0 Å². The molecule has 0 aliphatic carbocycles. The Hall–Kier alpha value is -4.20. The number of nitriles is 1. The van der Waals surface area contributed by atoms with Crippen LogP contribution in [0.4, 0.5) is 11.4 Å². The molecule has 10 heteroatoms. The zero-order valence-electron chi connectivity index (χ0n) is 21.7. The van der Waals surface area contributed by atoms with Crippen molar-refractivity contribution in [2.75, 3.05) is 37.4 Å². The second-order valence-electron chi connectivity index (χ2n) is 8.42. The van der Waals surface area contributed by atoms with Crippen LogP contribution in [0.2, 0.25) is 0 Å². The third-order valence-electron chi connectivity index (χ3n) is 5.58. The van der Waals surface area contributed by atoms with E-state index in [4.69, 9.17) is 4.74 Å². The summed E-state index contributed by atoms with van der Waals surface area (Å²) in [5.41, 5.74) is 1.98. The first-order chi connectivity index (χ1) is 18.4. The molecular weight excluding hydrogens is 502 g/mol. The fourth-order valence-corrected chi connectivity index (χ4v) is 4.78. The van der Waals surface area contributed by atoms with Gasteiger partial charge in [0, 0.05) is 30.7 Å². The molecule has 9 nitrogen and oxygen atoms in total. The highest BCUT2D eigenvalue weighted by Crippen LogP contribution is 2.15. The first-order valence-electron chi connectivity index (χ1n) is 12.3. The average molecular weight is 534 g/mol. The molecule has 0 saturated heterocycles. The van der Waals surface area contributed by atoms with Crippen molar-refractivity contribution in [2.45, 2.75) is 26.8 Å². The third-order valence-corrected chi connectivity index (χ3v) is 6.71. The summed E-state index contributed by atoms with van der Waals surface area (Å²) < 4.78 is 6.91. The zero-order chi connectivity index (χ0) is 27.5. The number of benzene rings is 2. The van der Waals surface area contributed by atoms with E-state index in [0.717, 1.165) is 24.3 Å². The first kappa shape index (κ1) is 28.4. The number of ether oxygens (including phenoxy) is 1. The van der Waals surface area contributed by atoms with Gasteiger partial charge in [0.1, 0.15) is 15.3 Å². The van der Waals surface area contributed by atoms with Crippen LogP contribution in [-0.2, 0) is 27.3 Å². The van der Waals surface area contributed by atoms with Gasteiger partial charge in [-0.2, -0.15) is 5.26 Å². The van der Waals surface area contributed by atoms with Crippen molar-refractivity contribution in [3.63, 3.8) is 0 Å². The van der Waals surface area contributed by atoms with Gasteiger partial charge in [-0.15, -0.1) is 11.3 Å². The fraction of sp³-hybridized carbons (Fsp3) is 0.286. The molecule has 0 radical (unpaired) electrons. The van der Waals surface area contributed by atoms with E-state index in [-0.39, 0.29) is 34.9 Å². The first-order valence-corrected chi connectivity index (χ1v) is 13.1. The summed E-state index contributed by atoms with van der Waals surface area (Å²) in [6.07, 6.45) is 2.39. The molecule has 0 spiro atoms. The number of nitrogens with one attached hydrogen (secondary N) is 2. The Morgan fingerprint density at radius 1 is 1.13 bits per heavy atom. The van der Waals surface area contributed by atoms with Gasteiger partial charge in [0.05, 0.1) is 13.2 Å². The number of amides is 1. The smallest absolute Gasteiger partial charge is 0.351 e. The van der Waals surface area contributed by atoms with Gasteiger partial charge in [0.15, 0.2) is 5.57 Å². The summed E-state index contributed by atoms with van der Waals surface area (Å²) in [4.78, 5) is 39.6. The molecule has 0 atom stereocenters. The minimum Gasteiger partial charge on any atom is -0.462 e. The lowest BCUT2D eigenvalue weighted by molar-refractivity contribution is -0.136. The number of anilines is 2. The SMILES string of the molecule is CCOC(=O)/C(C#N)=c1\s/c(=C/Nc2cccc(NC(=O)CN(C)CCc3ccccc3)c2)c(=O)n1CC. The lowest BCUT2D eigenvalue weighted by Crippen LogP contribution is -2.32. The number of likely N-dealkylation sites (N-methyl/N-ethyl adjacent to an activating group) is 1. The third kappa shape index (κ3) is 7.65. The van der Waals surface area contributed by atoms with Crippen LogP contribution in [0.25, 0.3) is 11.8 Å². The Labute approximate surface area is 225 Å². The molecule has 0 unspecified atom stereocenters. The number of carbonyl (C=O) groups excluding carboxylic acids is 2. The highest BCUT2D eigenvalue weighted by Gasteiger charge is 2.16. The van der Waals surface area contributed by atoms with Crippen LogP contribution in [0.15, 0.2) is 59.4 Å². The summed E-state index contributed by atoms with van der Waals surface area (Å²) in [5.74, 6) is -0.888. The van der Waals surface area contributed by atoms with Gasteiger partial charge < -0.3 is 15.4 Å². The molecule has 38 heavy (non-hydrogen) atoms. The highest BCUT2D eigenvalue weighted by molar-refractivity contribution is 7.07. The predicted molar refractivity (Wildman–Crippen MR) is 150 cm³/mol. The molecule has 198 valence electrons. The van der Waals surface area contributed by atoms with Crippen molar-refractivity contribution in [3.8, 4) is 6.07 Å². The van der Waals surface area contributed by atoms with Gasteiger partial charge in [-0.1, -0.05) is 36.4 Å². The molecule has 3 rings (SSSR count). The minimum atomic E-state index is -0.757. The summed E-state index contributed by atoms with van der Waals surface area (Å²) in [6, 6.07) is 19.1. The topological polar surface area (TPSA) is 116 Å². The van der Waals surface area contributed by atoms with E-state index in [1.165, 1.54) is 16.3 Å². The molecule has 0 saturated carbocycles. The zero-order valence-corrected chi connectivity index (χ0v) is 22.5. The molecule has 0 aliphatic rings. The van der Waals surface area contributed by atoms with Gasteiger partial charge in [-0.25, -0.2) is 4.79 Å². The summed E-state index contributed by atoms with van der Waals surface area (Å²) in [7, 11) is 1.91. The fourth-order valence-electron chi connectivity index (χ4n) is 3.70. The monoisotopic (exact) mass is 533 g/mol. The van der Waals surface area contributed by atoms with Crippen LogP contribution < -0.4 is 25.4 Å². The standard InChI is InChI=1S/C28H31N5O4S/c1-4-33-26(35)24(38-27(33)23(17-29)28(36)37-5-2)18-30-21-12-9-13-22(16-21)31-25(34)19-32(3)15-14-20-10-7-6-8-11-20/h6-13,16,18,30H,4-5,14-15,19H2,1-3H3,(H,31,34)/b24-18+,27-23-. The predicted octanol–water partition coefficient (Wildman–Crippen LogP) is 2.13. The quantitative estimate of drug-likeness (QED) is 0.363. The van der Waals surface area contributed by atoms with Gasteiger partial charge >= 0.3 is 5.97 Å². The highest BCUT2D eigenvalue weighted by atomic mass is 32.1. The van der Waals surface area contributed by atoms with Crippen molar-refractivity contribution in [1.29, 1.82) is 5.26 Å². The molecule has 1 aromatic heterocycles. The second-order valence-corrected chi connectivity index (χ2v) is 9.45. The minimum absolute atomic E-state index is 0.128. The average Bonchev–Trinajstić information content (AvgIpc) is 3.22. The largest absolute Gasteiger partial charge is 0.462 e. The maximum atomic E-state index is 12.9. The van der Waals surface area contributed by atoms with Gasteiger partial charge in [-0.3, -0.25) is 19.1 Å². The van der Waals surface area contributed by atoms with Crippen LogP contribution in [0, 0.1) is 11.3 Å². The van der Waals surface area contributed by atoms with E-state index in [0.29, 0.717) is 22.5 Å². The Kier molecular flexibility index (Phi) is 10.4.